The molecule has 0 saturated carbocycles. The molecule has 0 saturated heterocycles. The van der Waals surface area contributed by atoms with Gasteiger partial charge in [-0.3, -0.25) is 0 Å². The molecule has 1 aromatic rings. The SMILES string of the molecule is CCNC(CCCS(=O)(=O)CC)c1cc(C)c(Br)s1. The fourth-order valence-electron chi connectivity index (χ4n) is 1.90. The number of hydrogen-bond acceptors (Lipinski definition) is 4. The van der Waals surface area contributed by atoms with E-state index in [0.717, 1.165) is 16.8 Å². The molecule has 0 bridgehead atoms. The van der Waals surface area contributed by atoms with Crippen LogP contribution < -0.4 is 5.32 Å². The topological polar surface area (TPSA) is 46.2 Å². The van der Waals surface area contributed by atoms with Crippen molar-refractivity contribution in [3.63, 3.8) is 0 Å². The summed E-state index contributed by atoms with van der Waals surface area (Å²) < 4.78 is 24.2. The first-order chi connectivity index (χ1) is 8.89. The van der Waals surface area contributed by atoms with Crippen LogP contribution in [0.5, 0.6) is 0 Å². The van der Waals surface area contributed by atoms with Crippen molar-refractivity contribution in [2.45, 2.75) is 39.7 Å². The molecule has 0 aliphatic carbocycles. The van der Waals surface area contributed by atoms with Crippen LogP contribution in [0.4, 0.5) is 0 Å². The zero-order valence-electron chi connectivity index (χ0n) is 11.7. The van der Waals surface area contributed by atoms with E-state index in [4.69, 9.17) is 0 Å². The fraction of sp³-hybridized carbons (Fsp3) is 0.692. The molecule has 19 heavy (non-hydrogen) atoms. The molecule has 0 aliphatic heterocycles. The summed E-state index contributed by atoms with van der Waals surface area (Å²) in [5, 5.41) is 3.44. The minimum atomic E-state index is -2.85. The number of halogens is 1. The molecule has 110 valence electrons. The predicted octanol–water partition coefficient (Wildman–Crippen LogP) is 3.68. The van der Waals surface area contributed by atoms with Gasteiger partial charge in [0.05, 0.1) is 9.54 Å². The molecule has 1 atom stereocenters. The van der Waals surface area contributed by atoms with Crippen molar-refractivity contribution >= 4 is 37.1 Å². The maximum Gasteiger partial charge on any atom is 0.150 e. The Balaban J connectivity index is 2.63. The Kier molecular flexibility index (Phi) is 7.00. The van der Waals surface area contributed by atoms with Gasteiger partial charge in [-0.15, -0.1) is 11.3 Å². The Morgan fingerprint density at radius 1 is 1.42 bits per heavy atom. The van der Waals surface area contributed by atoms with Crippen LogP contribution in [0.3, 0.4) is 0 Å². The third-order valence-corrected chi connectivity index (χ3v) is 7.10. The Bertz CT molecular complexity index is 477. The van der Waals surface area contributed by atoms with E-state index >= 15 is 0 Å². The van der Waals surface area contributed by atoms with Crippen LogP contribution >= 0.6 is 27.3 Å². The molecule has 3 nitrogen and oxygen atoms in total. The summed E-state index contributed by atoms with van der Waals surface area (Å²) in [5.74, 6) is 0.527. The lowest BCUT2D eigenvalue weighted by Gasteiger charge is -2.16. The highest BCUT2D eigenvalue weighted by Crippen LogP contribution is 2.33. The van der Waals surface area contributed by atoms with Gasteiger partial charge in [-0.25, -0.2) is 8.42 Å². The van der Waals surface area contributed by atoms with E-state index in [1.807, 2.05) is 0 Å². The quantitative estimate of drug-likeness (QED) is 0.761. The maximum atomic E-state index is 11.5. The minimum absolute atomic E-state index is 0.239. The van der Waals surface area contributed by atoms with E-state index in [2.05, 4.69) is 41.2 Å². The smallest absolute Gasteiger partial charge is 0.150 e. The number of aryl methyl sites for hydroxylation is 1. The number of nitrogens with one attached hydrogen (secondary N) is 1. The summed E-state index contributed by atoms with van der Waals surface area (Å²) in [5.41, 5.74) is 1.24. The number of hydrogen-bond donors (Lipinski definition) is 1. The molecule has 1 rings (SSSR count). The molecule has 1 aromatic heterocycles. The third-order valence-electron chi connectivity index (χ3n) is 3.06. The Morgan fingerprint density at radius 2 is 2.11 bits per heavy atom. The second-order valence-electron chi connectivity index (χ2n) is 4.59. The lowest BCUT2D eigenvalue weighted by atomic mass is 10.1. The van der Waals surface area contributed by atoms with Crippen molar-refractivity contribution in [1.82, 2.24) is 5.32 Å². The van der Waals surface area contributed by atoms with E-state index in [-0.39, 0.29) is 17.5 Å². The largest absolute Gasteiger partial charge is 0.310 e. The first-order valence-corrected chi connectivity index (χ1v) is 10.0. The second-order valence-corrected chi connectivity index (χ2v) is 9.47. The van der Waals surface area contributed by atoms with Crippen LogP contribution in [0.25, 0.3) is 0 Å². The molecule has 0 aliphatic rings. The molecule has 0 amide bonds. The van der Waals surface area contributed by atoms with Crippen molar-refractivity contribution in [1.29, 1.82) is 0 Å². The van der Waals surface area contributed by atoms with Crippen molar-refractivity contribution in [2.75, 3.05) is 18.1 Å². The monoisotopic (exact) mass is 367 g/mol. The van der Waals surface area contributed by atoms with Crippen molar-refractivity contribution in [3.8, 4) is 0 Å². The Morgan fingerprint density at radius 3 is 2.58 bits per heavy atom. The molecule has 0 spiro atoms. The number of thiophene rings is 1. The average molecular weight is 368 g/mol. The summed E-state index contributed by atoms with van der Waals surface area (Å²) in [7, 11) is -2.85. The molecule has 1 N–H and O–H groups in total. The van der Waals surface area contributed by atoms with Gasteiger partial charge in [-0.2, -0.15) is 0 Å². The lowest BCUT2D eigenvalue weighted by molar-refractivity contribution is 0.513. The van der Waals surface area contributed by atoms with Crippen LogP contribution in [0.15, 0.2) is 9.85 Å². The highest BCUT2D eigenvalue weighted by Gasteiger charge is 2.16. The zero-order chi connectivity index (χ0) is 14.5. The van der Waals surface area contributed by atoms with Gasteiger partial charge in [0.2, 0.25) is 0 Å². The number of sulfone groups is 1. The van der Waals surface area contributed by atoms with Crippen LogP contribution in [0.2, 0.25) is 0 Å². The molecule has 6 heteroatoms. The zero-order valence-corrected chi connectivity index (χ0v) is 14.9. The summed E-state index contributed by atoms with van der Waals surface area (Å²) >= 11 is 5.27. The highest BCUT2D eigenvalue weighted by molar-refractivity contribution is 9.11. The molecular formula is C13H22BrNO2S2. The van der Waals surface area contributed by atoms with E-state index in [0.29, 0.717) is 6.42 Å². The van der Waals surface area contributed by atoms with Gasteiger partial charge in [-0.05, 0) is 53.9 Å². The molecule has 0 fully saturated rings. The molecule has 1 heterocycles. The third kappa shape index (κ3) is 5.53. The van der Waals surface area contributed by atoms with E-state index < -0.39 is 9.84 Å². The van der Waals surface area contributed by atoms with E-state index in [1.54, 1.807) is 18.3 Å². The average Bonchev–Trinajstić information content (AvgIpc) is 2.68. The van der Waals surface area contributed by atoms with Crippen molar-refractivity contribution < 1.29 is 8.42 Å². The summed E-state index contributed by atoms with van der Waals surface area (Å²) in [6.45, 7) is 6.75. The van der Waals surface area contributed by atoms with Gasteiger partial charge in [-0.1, -0.05) is 13.8 Å². The van der Waals surface area contributed by atoms with Crippen molar-refractivity contribution in [3.05, 3.63) is 20.3 Å². The Labute approximate surface area is 128 Å². The maximum absolute atomic E-state index is 11.5. The molecule has 0 aromatic carbocycles. The predicted molar refractivity (Wildman–Crippen MR) is 86.7 cm³/mol. The van der Waals surface area contributed by atoms with Crippen molar-refractivity contribution in [2.24, 2.45) is 0 Å². The summed E-state index contributed by atoms with van der Waals surface area (Å²) in [4.78, 5) is 1.28. The van der Waals surface area contributed by atoms with Crippen LogP contribution in [-0.2, 0) is 9.84 Å². The van der Waals surface area contributed by atoms with Crippen LogP contribution in [-0.4, -0.2) is 26.5 Å². The Hall–Kier alpha value is 0.0900. The molecule has 1 unspecified atom stereocenters. The normalized spacial score (nSPS) is 13.7. The van der Waals surface area contributed by atoms with Gasteiger partial charge in [0.1, 0.15) is 9.84 Å². The van der Waals surface area contributed by atoms with E-state index in [1.165, 1.54) is 10.4 Å². The van der Waals surface area contributed by atoms with Crippen LogP contribution in [0, 0.1) is 6.92 Å². The van der Waals surface area contributed by atoms with Gasteiger partial charge in [0, 0.05) is 16.7 Å². The number of rotatable bonds is 8. The second kappa shape index (κ2) is 7.76. The lowest BCUT2D eigenvalue weighted by Crippen LogP contribution is -2.21. The standard InChI is InChI=1S/C13H22BrNO2S2/c1-4-15-11(7-6-8-19(16,17)5-2)12-9-10(3)13(14)18-12/h9,11,15H,4-8H2,1-3H3. The van der Waals surface area contributed by atoms with Gasteiger partial charge in [0.15, 0.2) is 0 Å². The molecule has 0 radical (unpaired) electrons. The van der Waals surface area contributed by atoms with Gasteiger partial charge >= 0.3 is 0 Å². The van der Waals surface area contributed by atoms with Crippen LogP contribution in [0.1, 0.15) is 43.2 Å². The van der Waals surface area contributed by atoms with Gasteiger partial charge < -0.3 is 5.32 Å². The molecular weight excluding hydrogens is 346 g/mol. The summed E-state index contributed by atoms with van der Waals surface area (Å²) in [6.07, 6.45) is 1.57. The highest BCUT2D eigenvalue weighted by atomic mass is 79.9. The van der Waals surface area contributed by atoms with E-state index in [9.17, 15) is 8.42 Å². The van der Waals surface area contributed by atoms with Gasteiger partial charge in [0.25, 0.3) is 0 Å². The minimum Gasteiger partial charge on any atom is -0.310 e. The first-order valence-electron chi connectivity index (χ1n) is 6.59. The first kappa shape index (κ1) is 17.1. The fourth-order valence-corrected chi connectivity index (χ4v) is 4.47. The summed E-state index contributed by atoms with van der Waals surface area (Å²) in [6, 6.07) is 2.43.